The van der Waals surface area contributed by atoms with Crippen molar-refractivity contribution in [3.63, 3.8) is 0 Å². The van der Waals surface area contributed by atoms with Crippen molar-refractivity contribution in [2.45, 2.75) is 13.3 Å². The van der Waals surface area contributed by atoms with E-state index in [9.17, 15) is 4.89 Å². The summed E-state index contributed by atoms with van der Waals surface area (Å²) >= 11 is 0. The summed E-state index contributed by atoms with van der Waals surface area (Å²) in [5.74, 6) is 0. The summed E-state index contributed by atoms with van der Waals surface area (Å²) in [5.41, 5.74) is 0. The second-order valence-electron chi connectivity index (χ2n) is 4.34. The molecule has 2 aromatic rings. The minimum atomic E-state index is -2.50. The van der Waals surface area contributed by atoms with Crippen LogP contribution in [0.5, 0.6) is 0 Å². The van der Waals surface area contributed by atoms with Gasteiger partial charge in [0.05, 0.1) is 0 Å². The zero-order valence-electron chi connectivity index (χ0n) is 10.1. The Bertz CT molecular complexity index is 413. The van der Waals surface area contributed by atoms with E-state index < -0.39 is 7.49 Å². The third-order valence-corrected chi connectivity index (χ3v) is 6.92. The van der Waals surface area contributed by atoms with E-state index in [1.54, 1.807) is 0 Å². The van der Waals surface area contributed by atoms with Crippen molar-refractivity contribution in [3.8, 4) is 0 Å². The SMILES string of the molecule is CCC[PH](O)(c1ccccc1)c1ccccc1. The fourth-order valence-electron chi connectivity index (χ4n) is 2.24. The molecule has 90 valence electrons. The van der Waals surface area contributed by atoms with Crippen LogP contribution in [-0.2, 0) is 0 Å². The van der Waals surface area contributed by atoms with Crippen molar-refractivity contribution >= 4 is 18.1 Å². The maximum absolute atomic E-state index is 11.1. The van der Waals surface area contributed by atoms with Crippen molar-refractivity contribution in [2.24, 2.45) is 0 Å². The van der Waals surface area contributed by atoms with Gasteiger partial charge in [-0.3, -0.25) is 0 Å². The molecule has 0 bridgehead atoms. The Kier molecular flexibility index (Phi) is 3.93. The summed E-state index contributed by atoms with van der Waals surface area (Å²) in [7, 11) is -2.50. The molecule has 0 heterocycles. The van der Waals surface area contributed by atoms with E-state index >= 15 is 0 Å². The van der Waals surface area contributed by atoms with Gasteiger partial charge in [-0.1, -0.05) is 0 Å². The maximum atomic E-state index is 11.1. The van der Waals surface area contributed by atoms with Crippen molar-refractivity contribution in [1.29, 1.82) is 0 Å². The summed E-state index contributed by atoms with van der Waals surface area (Å²) in [6.45, 7) is 2.13. The molecule has 0 saturated heterocycles. The summed E-state index contributed by atoms with van der Waals surface area (Å²) in [5, 5.41) is 2.21. The molecule has 0 atom stereocenters. The molecule has 0 aromatic heterocycles. The fraction of sp³-hybridized carbons (Fsp3) is 0.200. The van der Waals surface area contributed by atoms with Gasteiger partial charge in [0.1, 0.15) is 0 Å². The van der Waals surface area contributed by atoms with Gasteiger partial charge < -0.3 is 0 Å². The molecular weight excluding hydrogens is 227 g/mol. The van der Waals surface area contributed by atoms with Gasteiger partial charge in [-0.25, -0.2) is 0 Å². The predicted molar refractivity (Wildman–Crippen MR) is 77.8 cm³/mol. The molecule has 17 heavy (non-hydrogen) atoms. The normalized spacial score (nSPS) is 12.4. The quantitative estimate of drug-likeness (QED) is 0.822. The molecule has 0 aliphatic rings. The van der Waals surface area contributed by atoms with Crippen LogP contribution in [0.3, 0.4) is 0 Å². The van der Waals surface area contributed by atoms with Crippen LogP contribution in [0.15, 0.2) is 60.7 Å². The van der Waals surface area contributed by atoms with Gasteiger partial charge in [0.2, 0.25) is 0 Å². The first-order valence-corrected chi connectivity index (χ1v) is 8.26. The molecule has 0 spiro atoms. The Hall–Kier alpha value is -1.17. The Morgan fingerprint density at radius 3 is 1.59 bits per heavy atom. The van der Waals surface area contributed by atoms with Crippen LogP contribution in [0.4, 0.5) is 0 Å². The fourth-order valence-corrected chi connectivity index (χ4v) is 5.37. The van der Waals surface area contributed by atoms with Crippen molar-refractivity contribution < 1.29 is 4.89 Å². The summed E-state index contributed by atoms with van der Waals surface area (Å²) in [6, 6.07) is 20.2. The van der Waals surface area contributed by atoms with E-state index in [2.05, 4.69) is 31.2 Å². The Morgan fingerprint density at radius 1 is 0.824 bits per heavy atom. The van der Waals surface area contributed by atoms with E-state index in [-0.39, 0.29) is 0 Å². The van der Waals surface area contributed by atoms with Crippen LogP contribution in [0, 0.1) is 0 Å². The Labute approximate surface area is 104 Å². The van der Waals surface area contributed by atoms with Gasteiger partial charge in [0, 0.05) is 0 Å². The average molecular weight is 246 g/mol. The molecule has 0 saturated carbocycles. The van der Waals surface area contributed by atoms with Crippen molar-refractivity contribution in [1.82, 2.24) is 0 Å². The second-order valence-corrected chi connectivity index (χ2v) is 7.72. The molecule has 0 amide bonds. The Balaban J connectivity index is 2.47. The monoisotopic (exact) mass is 246 g/mol. The van der Waals surface area contributed by atoms with Crippen LogP contribution in [-0.4, -0.2) is 11.1 Å². The van der Waals surface area contributed by atoms with Crippen LogP contribution in [0.25, 0.3) is 0 Å². The van der Waals surface area contributed by atoms with Crippen LogP contribution < -0.4 is 10.6 Å². The van der Waals surface area contributed by atoms with Crippen LogP contribution in [0.2, 0.25) is 0 Å². The molecule has 0 fully saturated rings. The Morgan fingerprint density at radius 2 is 1.24 bits per heavy atom. The van der Waals surface area contributed by atoms with Crippen molar-refractivity contribution in [3.05, 3.63) is 60.7 Å². The van der Waals surface area contributed by atoms with E-state index in [4.69, 9.17) is 0 Å². The number of benzene rings is 2. The third-order valence-electron chi connectivity index (χ3n) is 3.11. The standard InChI is InChI=1S/C15H19OP/c1-2-13-17(16,14-9-5-3-6-10-14)15-11-7-4-8-12-15/h3-12,16-17H,2,13H2,1H3. The molecule has 1 N–H and O–H groups in total. The zero-order valence-corrected chi connectivity index (χ0v) is 11.1. The van der Waals surface area contributed by atoms with E-state index in [0.717, 1.165) is 23.2 Å². The number of hydrogen-bond donors (Lipinski definition) is 1. The summed E-state index contributed by atoms with van der Waals surface area (Å²) in [6.07, 6.45) is 1.88. The first kappa shape index (κ1) is 12.3. The second kappa shape index (κ2) is 5.44. The van der Waals surface area contributed by atoms with Gasteiger partial charge in [0.15, 0.2) is 0 Å². The number of hydrogen-bond acceptors (Lipinski definition) is 1. The average Bonchev–Trinajstić information content (AvgIpc) is 2.41. The molecule has 1 nitrogen and oxygen atoms in total. The van der Waals surface area contributed by atoms with E-state index in [1.165, 1.54) is 0 Å². The molecule has 0 radical (unpaired) electrons. The first-order valence-electron chi connectivity index (χ1n) is 6.11. The van der Waals surface area contributed by atoms with E-state index in [1.807, 2.05) is 36.4 Å². The summed E-state index contributed by atoms with van der Waals surface area (Å²) in [4.78, 5) is 11.1. The molecular formula is C15H19OP. The minimum absolute atomic E-state index is 0.876. The predicted octanol–water partition coefficient (Wildman–Crippen LogP) is 2.70. The molecule has 2 rings (SSSR count). The van der Waals surface area contributed by atoms with Gasteiger partial charge in [0.25, 0.3) is 0 Å². The van der Waals surface area contributed by atoms with Gasteiger partial charge >= 0.3 is 103 Å². The molecule has 2 aromatic carbocycles. The molecule has 0 aliphatic carbocycles. The van der Waals surface area contributed by atoms with Crippen LogP contribution >= 0.6 is 7.49 Å². The van der Waals surface area contributed by atoms with Gasteiger partial charge in [-0.2, -0.15) is 0 Å². The molecule has 2 heteroatoms. The topological polar surface area (TPSA) is 20.2 Å². The van der Waals surface area contributed by atoms with Crippen LogP contribution in [0.1, 0.15) is 13.3 Å². The number of rotatable bonds is 4. The van der Waals surface area contributed by atoms with Crippen molar-refractivity contribution in [2.75, 3.05) is 6.16 Å². The van der Waals surface area contributed by atoms with E-state index in [0.29, 0.717) is 0 Å². The summed E-state index contributed by atoms with van der Waals surface area (Å²) < 4.78 is 0. The molecule has 0 unspecified atom stereocenters. The third kappa shape index (κ3) is 2.57. The zero-order chi connectivity index (χ0) is 12.1. The van der Waals surface area contributed by atoms with Gasteiger partial charge in [-0.05, 0) is 0 Å². The molecule has 0 aliphatic heterocycles. The first-order chi connectivity index (χ1) is 8.27. The van der Waals surface area contributed by atoms with Gasteiger partial charge in [-0.15, -0.1) is 0 Å².